The Bertz CT molecular complexity index is 1340. The van der Waals surface area contributed by atoms with Crippen molar-refractivity contribution in [2.24, 2.45) is 0 Å². The van der Waals surface area contributed by atoms with E-state index in [0.717, 1.165) is 11.1 Å². The first-order chi connectivity index (χ1) is 12.9. The molecule has 1 amide bonds. The van der Waals surface area contributed by atoms with Crippen molar-refractivity contribution in [3.8, 4) is 0 Å². The van der Waals surface area contributed by atoms with Gasteiger partial charge in [-0.15, -0.1) is 0 Å². The van der Waals surface area contributed by atoms with Crippen molar-refractivity contribution in [3.63, 3.8) is 0 Å². The Morgan fingerprint density at radius 3 is 2.70 bits per heavy atom. The van der Waals surface area contributed by atoms with Crippen LogP contribution in [0.2, 0.25) is 0 Å². The third-order valence-electron chi connectivity index (χ3n) is 4.74. The summed E-state index contributed by atoms with van der Waals surface area (Å²) in [6, 6.07) is 7.10. The van der Waals surface area contributed by atoms with Crippen LogP contribution < -0.4 is 16.6 Å². The lowest BCUT2D eigenvalue weighted by atomic mass is 10.1. The Morgan fingerprint density at radius 1 is 1.15 bits per heavy atom. The molecule has 1 aromatic carbocycles. The van der Waals surface area contributed by atoms with Gasteiger partial charge in [-0.25, -0.2) is 9.78 Å². The zero-order valence-corrected chi connectivity index (χ0v) is 15.0. The van der Waals surface area contributed by atoms with Crippen molar-refractivity contribution in [2.45, 2.75) is 20.8 Å². The Kier molecular flexibility index (Phi) is 3.69. The molecule has 3 N–H and O–H groups in total. The number of H-pyrrole nitrogens is 2. The molecule has 0 saturated carbocycles. The van der Waals surface area contributed by atoms with Crippen LogP contribution in [0.5, 0.6) is 0 Å². The first kappa shape index (κ1) is 16.8. The van der Waals surface area contributed by atoms with Crippen LogP contribution in [0, 0.1) is 20.8 Å². The number of rotatable bonds is 2. The molecule has 0 radical (unpaired) electrons. The molecule has 0 spiro atoms. The molecule has 0 aliphatic rings. The number of carbonyl (C=O) groups excluding carboxylic acids is 1. The van der Waals surface area contributed by atoms with E-state index in [-0.39, 0.29) is 11.3 Å². The van der Waals surface area contributed by atoms with Gasteiger partial charge in [-0.2, -0.15) is 0 Å². The second-order valence-corrected chi connectivity index (χ2v) is 6.49. The lowest BCUT2D eigenvalue weighted by molar-refractivity contribution is 0.102. The number of nitrogens with one attached hydrogen (secondary N) is 3. The topological polar surface area (TPSA) is 112 Å². The van der Waals surface area contributed by atoms with Gasteiger partial charge in [0.25, 0.3) is 11.5 Å². The van der Waals surface area contributed by atoms with E-state index in [0.29, 0.717) is 28.1 Å². The van der Waals surface area contributed by atoms with E-state index in [4.69, 9.17) is 0 Å². The van der Waals surface area contributed by atoms with Gasteiger partial charge in [-0.3, -0.25) is 14.0 Å². The van der Waals surface area contributed by atoms with Crippen molar-refractivity contribution >= 4 is 28.3 Å². The highest BCUT2D eigenvalue weighted by atomic mass is 16.2. The highest BCUT2D eigenvalue weighted by Gasteiger charge is 2.18. The van der Waals surface area contributed by atoms with E-state index in [1.54, 1.807) is 25.1 Å². The third-order valence-corrected chi connectivity index (χ3v) is 4.74. The minimum atomic E-state index is -0.581. The third kappa shape index (κ3) is 2.62. The Morgan fingerprint density at radius 2 is 1.93 bits per heavy atom. The number of hydrogen-bond donors (Lipinski definition) is 3. The van der Waals surface area contributed by atoms with Gasteiger partial charge in [0.1, 0.15) is 11.2 Å². The predicted octanol–water partition coefficient (Wildman–Crippen LogP) is 2.04. The molecule has 0 saturated heterocycles. The molecule has 27 heavy (non-hydrogen) atoms. The fraction of sp³-hybridized carbons (Fsp3) is 0.158. The smallest absolute Gasteiger partial charge is 0.320 e. The first-order valence-corrected chi connectivity index (χ1v) is 8.38. The molecule has 0 atom stereocenters. The van der Waals surface area contributed by atoms with E-state index in [1.807, 2.05) is 19.9 Å². The summed E-state index contributed by atoms with van der Waals surface area (Å²) in [5.41, 5.74) is 3.51. The average Bonchev–Trinajstić information content (AvgIpc) is 2.99. The highest BCUT2D eigenvalue weighted by molar-refractivity contribution is 6.08. The number of fused-ring (bicyclic) bond motifs is 2. The standard InChI is InChI=1S/C19H17N5O3/c1-9-7-13-16(23-19(27)21-13)15(11(9)3)22-17(25)12-8-20-14-6-4-5-10(2)24(14)18(12)26/h4-8H,1-3H3,(H,22,25)(H2,21,23,27). The summed E-state index contributed by atoms with van der Waals surface area (Å²) in [5.74, 6) is -0.581. The minimum Gasteiger partial charge on any atom is -0.320 e. The number of carbonyl (C=O) groups is 1. The maximum absolute atomic E-state index is 12.8. The molecule has 0 bridgehead atoms. The number of aryl methyl sites for hydroxylation is 2. The number of aromatic nitrogens is 4. The number of nitrogens with zero attached hydrogens (tertiary/aromatic N) is 2. The van der Waals surface area contributed by atoms with Crippen LogP contribution in [0.4, 0.5) is 5.69 Å². The monoisotopic (exact) mass is 363 g/mol. The quantitative estimate of drug-likeness (QED) is 0.506. The fourth-order valence-corrected chi connectivity index (χ4v) is 3.18. The van der Waals surface area contributed by atoms with E-state index >= 15 is 0 Å². The van der Waals surface area contributed by atoms with E-state index in [1.165, 1.54) is 10.6 Å². The van der Waals surface area contributed by atoms with E-state index < -0.39 is 11.5 Å². The van der Waals surface area contributed by atoms with E-state index in [9.17, 15) is 14.4 Å². The summed E-state index contributed by atoms with van der Waals surface area (Å²) < 4.78 is 1.39. The minimum absolute atomic E-state index is 0.0752. The zero-order chi connectivity index (χ0) is 19.3. The molecule has 136 valence electrons. The molecular formula is C19H17N5O3. The predicted molar refractivity (Wildman–Crippen MR) is 103 cm³/mol. The van der Waals surface area contributed by atoms with Crippen molar-refractivity contribution in [2.75, 3.05) is 5.32 Å². The molecule has 0 aliphatic heterocycles. The largest absolute Gasteiger partial charge is 0.323 e. The van der Waals surface area contributed by atoms with Gasteiger partial charge in [-0.05, 0) is 50.1 Å². The second-order valence-electron chi connectivity index (χ2n) is 6.49. The summed E-state index contributed by atoms with van der Waals surface area (Å²) in [6.07, 6.45) is 1.27. The number of pyridine rings is 1. The molecule has 8 nitrogen and oxygen atoms in total. The molecular weight excluding hydrogens is 346 g/mol. The first-order valence-electron chi connectivity index (χ1n) is 8.38. The molecule has 4 aromatic rings. The van der Waals surface area contributed by atoms with Crippen molar-refractivity contribution in [1.82, 2.24) is 19.4 Å². The number of aromatic amines is 2. The van der Waals surface area contributed by atoms with Crippen LogP contribution in [0.3, 0.4) is 0 Å². The summed E-state index contributed by atoms with van der Waals surface area (Å²) in [4.78, 5) is 46.9. The van der Waals surface area contributed by atoms with Gasteiger partial charge in [0.2, 0.25) is 0 Å². The van der Waals surface area contributed by atoms with Crippen molar-refractivity contribution < 1.29 is 4.79 Å². The number of amides is 1. The number of benzene rings is 1. The molecule has 3 aromatic heterocycles. The SMILES string of the molecule is Cc1cc2[nH]c(=O)[nH]c2c(NC(=O)c2cnc3cccc(C)n3c2=O)c1C. The van der Waals surface area contributed by atoms with Gasteiger partial charge in [0, 0.05) is 11.9 Å². The molecule has 4 rings (SSSR count). The second kappa shape index (κ2) is 5.94. The lowest BCUT2D eigenvalue weighted by Crippen LogP contribution is -2.28. The fourth-order valence-electron chi connectivity index (χ4n) is 3.18. The molecule has 0 fully saturated rings. The number of hydrogen-bond acceptors (Lipinski definition) is 4. The molecule has 0 unspecified atom stereocenters. The maximum Gasteiger partial charge on any atom is 0.323 e. The zero-order valence-electron chi connectivity index (χ0n) is 15.0. The summed E-state index contributed by atoms with van der Waals surface area (Å²) in [6.45, 7) is 5.49. The summed E-state index contributed by atoms with van der Waals surface area (Å²) in [5, 5.41) is 2.77. The average molecular weight is 363 g/mol. The molecule has 3 heterocycles. The number of imidazole rings is 1. The van der Waals surface area contributed by atoms with Crippen LogP contribution in [0.1, 0.15) is 27.2 Å². The Labute approximate surface area is 152 Å². The van der Waals surface area contributed by atoms with E-state index in [2.05, 4.69) is 20.3 Å². The maximum atomic E-state index is 12.8. The van der Waals surface area contributed by atoms with Crippen molar-refractivity contribution in [3.05, 3.63) is 73.7 Å². The highest BCUT2D eigenvalue weighted by Crippen LogP contribution is 2.27. The van der Waals surface area contributed by atoms with Crippen LogP contribution >= 0.6 is 0 Å². The molecule has 0 aliphatic carbocycles. The lowest BCUT2D eigenvalue weighted by Gasteiger charge is -2.12. The van der Waals surface area contributed by atoms with Gasteiger partial charge >= 0.3 is 5.69 Å². The van der Waals surface area contributed by atoms with Gasteiger partial charge in [0.15, 0.2) is 0 Å². The Balaban J connectivity index is 1.85. The van der Waals surface area contributed by atoms with Crippen molar-refractivity contribution in [1.29, 1.82) is 0 Å². The Hall–Kier alpha value is -3.68. The van der Waals surface area contributed by atoms with Crippen LogP contribution in [-0.4, -0.2) is 25.3 Å². The summed E-state index contributed by atoms with van der Waals surface area (Å²) >= 11 is 0. The van der Waals surface area contributed by atoms with Gasteiger partial charge in [0.05, 0.1) is 16.7 Å². The van der Waals surface area contributed by atoms with Crippen LogP contribution in [-0.2, 0) is 0 Å². The number of anilines is 1. The van der Waals surface area contributed by atoms with Gasteiger partial charge < -0.3 is 15.3 Å². The normalized spacial score (nSPS) is 11.2. The summed E-state index contributed by atoms with van der Waals surface area (Å²) in [7, 11) is 0. The van der Waals surface area contributed by atoms with Crippen LogP contribution in [0.25, 0.3) is 16.7 Å². The van der Waals surface area contributed by atoms with Crippen LogP contribution in [0.15, 0.2) is 40.1 Å². The van der Waals surface area contributed by atoms with Gasteiger partial charge in [-0.1, -0.05) is 6.07 Å². The molecule has 8 heteroatoms.